The van der Waals surface area contributed by atoms with Gasteiger partial charge in [-0.05, 0) is 36.8 Å². The summed E-state index contributed by atoms with van der Waals surface area (Å²) < 4.78 is 5.51. The monoisotopic (exact) mass is 247 g/mol. The fourth-order valence-corrected chi connectivity index (χ4v) is 2.77. The molecule has 0 amide bonds. The van der Waals surface area contributed by atoms with Crippen molar-refractivity contribution in [2.45, 2.75) is 39.7 Å². The zero-order valence-electron chi connectivity index (χ0n) is 12.0. The highest BCUT2D eigenvalue weighted by Gasteiger charge is 2.50. The molecule has 1 aromatic rings. The van der Waals surface area contributed by atoms with Crippen LogP contribution in [-0.2, 0) is 0 Å². The summed E-state index contributed by atoms with van der Waals surface area (Å²) in [6, 6.07) is 8.83. The third-order valence-corrected chi connectivity index (χ3v) is 4.08. The first-order valence-electron chi connectivity index (χ1n) is 6.96. The maximum absolute atomic E-state index is 5.51. The number of methoxy groups -OCH3 is 1. The third kappa shape index (κ3) is 2.69. The minimum Gasteiger partial charge on any atom is -0.496 e. The van der Waals surface area contributed by atoms with E-state index < -0.39 is 0 Å². The van der Waals surface area contributed by atoms with Crippen LogP contribution in [0, 0.1) is 11.3 Å². The van der Waals surface area contributed by atoms with Gasteiger partial charge in [-0.1, -0.05) is 39.0 Å². The molecule has 2 atom stereocenters. The van der Waals surface area contributed by atoms with Crippen LogP contribution in [0.2, 0.25) is 0 Å². The highest BCUT2D eigenvalue weighted by atomic mass is 16.5. The molecule has 2 rings (SSSR count). The van der Waals surface area contributed by atoms with Crippen molar-refractivity contribution < 1.29 is 4.74 Å². The maximum atomic E-state index is 5.51. The predicted octanol–water partition coefficient (Wildman–Crippen LogP) is 3.78. The van der Waals surface area contributed by atoms with E-state index in [9.17, 15) is 0 Å². The van der Waals surface area contributed by atoms with E-state index in [1.165, 1.54) is 18.4 Å². The van der Waals surface area contributed by atoms with Crippen LogP contribution in [0.1, 0.15) is 45.2 Å². The van der Waals surface area contributed by atoms with E-state index >= 15 is 0 Å². The fraction of sp³-hybridized carbons (Fsp3) is 0.625. The summed E-state index contributed by atoms with van der Waals surface area (Å²) in [5.74, 6) is 1.73. The number of benzene rings is 1. The molecule has 0 heterocycles. The largest absolute Gasteiger partial charge is 0.496 e. The van der Waals surface area contributed by atoms with Crippen molar-refractivity contribution in [2.24, 2.45) is 11.3 Å². The standard InChI is InChI=1S/C16H25NO/c1-5-10-17-15(13-11-16(13,2)3)12-8-6-7-9-14(12)18-4/h6-9,13,15,17H,5,10-11H2,1-4H3. The Hall–Kier alpha value is -1.02. The second-order valence-corrected chi connectivity index (χ2v) is 5.97. The van der Waals surface area contributed by atoms with Gasteiger partial charge in [-0.3, -0.25) is 0 Å². The summed E-state index contributed by atoms with van der Waals surface area (Å²) in [6.07, 6.45) is 2.46. The summed E-state index contributed by atoms with van der Waals surface area (Å²) in [4.78, 5) is 0. The van der Waals surface area contributed by atoms with Crippen molar-refractivity contribution in [3.63, 3.8) is 0 Å². The lowest BCUT2D eigenvalue weighted by Gasteiger charge is -2.22. The average Bonchev–Trinajstić information content (AvgIpc) is 2.99. The van der Waals surface area contributed by atoms with Gasteiger partial charge in [0.05, 0.1) is 7.11 Å². The summed E-state index contributed by atoms with van der Waals surface area (Å²) in [5, 5.41) is 3.70. The van der Waals surface area contributed by atoms with Crippen LogP contribution in [0.25, 0.3) is 0 Å². The molecule has 0 radical (unpaired) electrons. The molecule has 2 unspecified atom stereocenters. The molecule has 1 aromatic carbocycles. The Morgan fingerprint density at radius 3 is 2.61 bits per heavy atom. The Morgan fingerprint density at radius 1 is 1.39 bits per heavy atom. The predicted molar refractivity (Wildman–Crippen MR) is 75.9 cm³/mol. The van der Waals surface area contributed by atoms with E-state index in [1.807, 2.05) is 6.07 Å². The van der Waals surface area contributed by atoms with E-state index in [-0.39, 0.29) is 0 Å². The molecule has 1 aliphatic rings. The number of rotatable bonds is 6. The SMILES string of the molecule is CCCNC(c1ccccc1OC)C1CC1(C)C. The molecule has 0 saturated heterocycles. The Kier molecular flexibility index (Phi) is 3.96. The highest BCUT2D eigenvalue weighted by molar-refractivity contribution is 5.37. The Bertz CT molecular complexity index is 400. The molecule has 0 aromatic heterocycles. The second-order valence-electron chi connectivity index (χ2n) is 5.97. The average molecular weight is 247 g/mol. The second kappa shape index (κ2) is 5.31. The smallest absolute Gasteiger partial charge is 0.123 e. The molecule has 2 nitrogen and oxygen atoms in total. The molecule has 100 valence electrons. The van der Waals surface area contributed by atoms with E-state index in [4.69, 9.17) is 4.74 Å². The lowest BCUT2D eigenvalue weighted by atomic mass is 9.96. The molecule has 1 saturated carbocycles. The van der Waals surface area contributed by atoms with Crippen LogP contribution >= 0.6 is 0 Å². The topological polar surface area (TPSA) is 21.3 Å². The molecular weight excluding hydrogens is 222 g/mol. The Balaban J connectivity index is 2.23. The van der Waals surface area contributed by atoms with Crippen LogP contribution < -0.4 is 10.1 Å². The van der Waals surface area contributed by atoms with Gasteiger partial charge in [-0.15, -0.1) is 0 Å². The molecule has 2 heteroatoms. The highest BCUT2D eigenvalue weighted by Crippen LogP contribution is 2.58. The van der Waals surface area contributed by atoms with E-state index in [2.05, 4.69) is 44.3 Å². The van der Waals surface area contributed by atoms with E-state index in [0.717, 1.165) is 18.2 Å². The molecule has 0 aliphatic heterocycles. The Labute approximate surface area is 111 Å². The quantitative estimate of drug-likeness (QED) is 0.826. The first-order chi connectivity index (χ1) is 8.60. The molecule has 0 spiro atoms. The number of ether oxygens (including phenoxy) is 1. The zero-order chi connectivity index (χ0) is 13.2. The van der Waals surface area contributed by atoms with Gasteiger partial charge in [0.1, 0.15) is 5.75 Å². The van der Waals surface area contributed by atoms with Crippen molar-refractivity contribution in [3.8, 4) is 5.75 Å². The van der Waals surface area contributed by atoms with Crippen LogP contribution in [0.5, 0.6) is 5.75 Å². The van der Waals surface area contributed by atoms with Crippen LogP contribution in [-0.4, -0.2) is 13.7 Å². The normalized spacial score (nSPS) is 22.6. The lowest BCUT2D eigenvalue weighted by Crippen LogP contribution is -2.25. The van der Waals surface area contributed by atoms with Gasteiger partial charge in [0.15, 0.2) is 0 Å². The number of nitrogens with one attached hydrogen (secondary N) is 1. The molecule has 0 bridgehead atoms. The number of hydrogen-bond acceptors (Lipinski definition) is 2. The zero-order valence-corrected chi connectivity index (χ0v) is 12.0. The molecular formula is C16H25NO. The number of hydrogen-bond donors (Lipinski definition) is 1. The van der Waals surface area contributed by atoms with Crippen molar-refractivity contribution >= 4 is 0 Å². The third-order valence-electron chi connectivity index (χ3n) is 4.08. The van der Waals surface area contributed by atoms with Gasteiger partial charge in [0.25, 0.3) is 0 Å². The van der Waals surface area contributed by atoms with Crippen LogP contribution in [0.4, 0.5) is 0 Å². The number of para-hydroxylation sites is 1. The first-order valence-corrected chi connectivity index (χ1v) is 6.96. The van der Waals surface area contributed by atoms with Crippen molar-refractivity contribution in [1.82, 2.24) is 5.32 Å². The van der Waals surface area contributed by atoms with Crippen molar-refractivity contribution in [1.29, 1.82) is 0 Å². The van der Waals surface area contributed by atoms with Gasteiger partial charge in [0.2, 0.25) is 0 Å². The summed E-state index contributed by atoms with van der Waals surface area (Å²) in [6.45, 7) is 7.99. The molecule has 1 aliphatic carbocycles. The van der Waals surface area contributed by atoms with E-state index in [0.29, 0.717) is 11.5 Å². The maximum Gasteiger partial charge on any atom is 0.123 e. The molecule has 18 heavy (non-hydrogen) atoms. The van der Waals surface area contributed by atoms with Crippen LogP contribution in [0.3, 0.4) is 0 Å². The van der Waals surface area contributed by atoms with Gasteiger partial charge in [-0.25, -0.2) is 0 Å². The lowest BCUT2D eigenvalue weighted by molar-refractivity contribution is 0.374. The van der Waals surface area contributed by atoms with Gasteiger partial charge in [0, 0.05) is 11.6 Å². The summed E-state index contributed by atoms with van der Waals surface area (Å²) in [5.41, 5.74) is 1.77. The van der Waals surface area contributed by atoms with Gasteiger partial charge >= 0.3 is 0 Å². The summed E-state index contributed by atoms with van der Waals surface area (Å²) in [7, 11) is 1.76. The molecule has 1 N–H and O–H groups in total. The Morgan fingerprint density at radius 2 is 2.06 bits per heavy atom. The van der Waals surface area contributed by atoms with Crippen molar-refractivity contribution in [3.05, 3.63) is 29.8 Å². The van der Waals surface area contributed by atoms with Crippen molar-refractivity contribution in [2.75, 3.05) is 13.7 Å². The van der Waals surface area contributed by atoms with Gasteiger partial charge in [-0.2, -0.15) is 0 Å². The minimum absolute atomic E-state index is 0.427. The minimum atomic E-state index is 0.427. The fourth-order valence-electron chi connectivity index (χ4n) is 2.77. The van der Waals surface area contributed by atoms with E-state index in [1.54, 1.807) is 7.11 Å². The summed E-state index contributed by atoms with van der Waals surface area (Å²) >= 11 is 0. The molecule has 1 fully saturated rings. The first kappa shape index (κ1) is 13.4. The van der Waals surface area contributed by atoms with Crippen LogP contribution in [0.15, 0.2) is 24.3 Å². The van der Waals surface area contributed by atoms with Gasteiger partial charge < -0.3 is 10.1 Å².